The molecule has 0 unspecified atom stereocenters. The third-order valence-corrected chi connectivity index (χ3v) is 18.8. The number of nitrogens with zero attached hydrogens (tertiary/aromatic N) is 1. The van der Waals surface area contributed by atoms with Gasteiger partial charge < -0.3 is 0 Å². The molecule has 1 saturated heterocycles. The van der Waals surface area contributed by atoms with Crippen molar-refractivity contribution in [1.82, 2.24) is 4.44 Å². The van der Waals surface area contributed by atoms with Crippen LogP contribution in [0.5, 0.6) is 0 Å². The van der Waals surface area contributed by atoms with E-state index in [2.05, 4.69) is 133 Å². The molecule has 5 rings (SSSR count). The zero-order valence-electron chi connectivity index (χ0n) is 20.1. The van der Waals surface area contributed by atoms with E-state index in [9.17, 15) is 0 Å². The first-order valence-electron chi connectivity index (χ1n) is 12.6. The predicted octanol–water partition coefficient (Wildman–Crippen LogP) is 7.01. The Balaban J connectivity index is 1.71. The van der Waals surface area contributed by atoms with Crippen LogP contribution in [-0.2, 0) is 0 Å². The van der Waals surface area contributed by atoms with Crippen LogP contribution in [0.25, 0.3) is 0 Å². The van der Waals surface area contributed by atoms with E-state index in [4.69, 9.17) is 0 Å². The van der Waals surface area contributed by atoms with Gasteiger partial charge in [0.05, 0.1) is 6.54 Å². The first-order valence-corrected chi connectivity index (χ1v) is 16.4. The van der Waals surface area contributed by atoms with E-state index >= 15 is 0 Å². The molecular weight excluding hydrogens is 448 g/mol. The van der Waals surface area contributed by atoms with E-state index in [-0.39, 0.29) is 0 Å². The van der Waals surface area contributed by atoms with Gasteiger partial charge in [-0.25, -0.2) is 0 Å². The number of rotatable bonds is 9. The zero-order valence-corrected chi connectivity index (χ0v) is 21.9. The van der Waals surface area contributed by atoms with Crippen molar-refractivity contribution in [1.29, 1.82) is 0 Å². The molecule has 0 saturated carbocycles. The van der Waals surface area contributed by atoms with Gasteiger partial charge >= 0.3 is 0 Å². The summed E-state index contributed by atoms with van der Waals surface area (Å²) in [5.74, 6) is 1.25. The minimum atomic E-state index is -1.70. The topological polar surface area (TPSA) is 3.24 Å². The molecule has 0 amide bonds. The summed E-state index contributed by atoms with van der Waals surface area (Å²) < 4.78 is 3.05. The molecule has 0 bridgehead atoms. The highest BCUT2D eigenvalue weighted by Gasteiger charge is 2.79. The summed E-state index contributed by atoms with van der Waals surface area (Å²) >= 11 is 0. The van der Waals surface area contributed by atoms with Crippen molar-refractivity contribution in [2.45, 2.75) is 32.6 Å². The van der Waals surface area contributed by atoms with Gasteiger partial charge in [0.1, 0.15) is 21.2 Å². The van der Waals surface area contributed by atoms with Gasteiger partial charge in [0.15, 0.2) is 0 Å². The average molecular weight is 484 g/mol. The van der Waals surface area contributed by atoms with Crippen LogP contribution in [0.2, 0.25) is 0 Å². The predicted molar refractivity (Wildman–Crippen MR) is 154 cm³/mol. The third-order valence-electron chi connectivity index (χ3n) is 7.14. The number of benzene rings is 4. The first-order chi connectivity index (χ1) is 16.8. The molecule has 0 atom stereocenters. The van der Waals surface area contributed by atoms with E-state index in [0.717, 1.165) is 6.54 Å². The van der Waals surface area contributed by atoms with Gasteiger partial charge in [-0.15, -0.1) is 0 Å². The fourth-order valence-electron chi connectivity index (χ4n) is 5.51. The highest BCUT2D eigenvalue weighted by atomic mass is 31.3. The fourth-order valence-corrected chi connectivity index (χ4v) is 19.7. The minimum absolute atomic E-state index is 1.16. The second kappa shape index (κ2) is 10.5. The molecule has 1 nitrogen and oxygen atoms in total. The van der Waals surface area contributed by atoms with Crippen LogP contribution in [0.3, 0.4) is 0 Å². The average Bonchev–Trinajstić information content (AvgIpc) is 2.91. The highest BCUT2D eigenvalue weighted by Crippen LogP contribution is 2.91. The Morgan fingerprint density at radius 3 is 1.18 bits per heavy atom. The molecule has 34 heavy (non-hydrogen) atoms. The standard InChI is InChI=1S/C31H35NP2/c1-2-3-4-17-26-32-33(28-18-9-5-10-19-28,29-20-11-6-12-21-29)27-34(32,30-22-13-7-14-23-30)31-24-15-8-16-25-31/h5-16,18-25H,2-4,17,26-27H2,1H3/q+2. The second-order valence-corrected chi connectivity index (χ2v) is 16.7. The molecule has 1 aliphatic heterocycles. The van der Waals surface area contributed by atoms with Crippen LogP contribution >= 0.6 is 14.8 Å². The molecule has 172 valence electrons. The maximum absolute atomic E-state index is 3.05. The summed E-state index contributed by atoms with van der Waals surface area (Å²) in [6, 6.07) is 45.7. The van der Waals surface area contributed by atoms with E-state index in [0.29, 0.717) is 0 Å². The normalized spacial score (nSPS) is 16.6. The third kappa shape index (κ3) is 4.05. The molecule has 4 aromatic carbocycles. The van der Waals surface area contributed by atoms with Crippen LogP contribution in [0.1, 0.15) is 32.6 Å². The Hall–Kier alpha value is -2.30. The van der Waals surface area contributed by atoms with E-state index in [1.807, 2.05) is 0 Å². The Labute approximate surface area is 206 Å². The van der Waals surface area contributed by atoms with E-state index in [1.165, 1.54) is 52.8 Å². The molecule has 0 N–H and O–H groups in total. The van der Waals surface area contributed by atoms with Crippen molar-refractivity contribution < 1.29 is 0 Å². The van der Waals surface area contributed by atoms with Gasteiger partial charge in [0.2, 0.25) is 20.7 Å². The summed E-state index contributed by atoms with van der Waals surface area (Å²) in [7, 11) is -3.41. The Morgan fingerprint density at radius 1 is 0.500 bits per heavy atom. The lowest BCUT2D eigenvalue weighted by molar-refractivity contribution is 0.579. The Kier molecular flexibility index (Phi) is 7.26. The molecular formula is C31H35NP2+2. The zero-order chi connectivity index (χ0) is 23.3. The Morgan fingerprint density at radius 2 is 0.853 bits per heavy atom. The molecule has 0 radical (unpaired) electrons. The van der Waals surface area contributed by atoms with Gasteiger partial charge in [-0.05, 0) is 59.4 Å². The molecule has 0 aromatic heterocycles. The van der Waals surface area contributed by atoms with Crippen molar-refractivity contribution >= 4 is 36.0 Å². The maximum atomic E-state index is 3.05. The minimum Gasteiger partial charge on any atom is -0.0654 e. The smallest absolute Gasteiger partial charge is 0.0654 e. The molecule has 1 fully saturated rings. The van der Waals surface area contributed by atoms with Gasteiger partial charge in [-0.3, -0.25) is 0 Å². The van der Waals surface area contributed by atoms with Gasteiger partial charge in [-0.1, -0.05) is 99.0 Å². The molecule has 4 aromatic rings. The SMILES string of the molecule is CCCCCCN1[P+](c2ccccc2)(c2ccccc2)C[P+]1(c1ccccc1)c1ccccc1. The first kappa shape index (κ1) is 23.4. The summed E-state index contributed by atoms with van der Waals surface area (Å²) in [5, 5.41) is 6.11. The van der Waals surface area contributed by atoms with Crippen LogP contribution < -0.4 is 21.2 Å². The second-order valence-electron chi connectivity index (χ2n) is 9.18. The Bertz CT molecular complexity index is 995. The fraction of sp³-hybridized carbons (Fsp3) is 0.226. The molecule has 1 heterocycles. The quantitative estimate of drug-likeness (QED) is 0.183. The summed E-state index contributed by atoms with van der Waals surface area (Å²) in [6.45, 7) is 3.47. The van der Waals surface area contributed by atoms with E-state index < -0.39 is 14.8 Å². The summed E-state index contributed by atoms with van der Waals surface area (Å²) in [6.07, 6.45) is 5.16. The number of hydrogen-bond donors (Lipinski definition) is 0. The van der Waals surface area contributed by atoms with Gasteiger partial charge in [-0.2, -0.15) is 0 Å². The van der Waals surface area contributed by atoms with Crippen LogP contribution in [0, 0.1) is 0 Å². The van der Waals surface area contributed by atoms with Gasteiger partial charge in [0.25, 0.3) is 0 Å². The lowest BCUT2D eigenvalue weighted by atomic mass is 10.2. The van der Waals surface area contributed by atoms with Gasteiger partial charge in [0, 0.05) is 0 Å². The lowest BCUT2D eigenvalue weighted by Gasteiger charge is -2.51. The number of unbranched alkanes of at least 4 members (excludes halogenated alkanes) is 3. The van der Waals surface area contributed by atoms with Crippen molar-refractivity contribution in [2.24, 2.45) is 0 Å². The highest BCUT2D eigenvalue weighted by molar-refractivity contribution is 8.15. The van der Waals surface area contributed by atoms with Crippen LogP contribution in [0.15, 0.2) is 121 Å². The van der Waals surface area contributed by atoms with Crippen LogP contribution in [0.4, 0.5) is 0 Å². The van der Waals surface area contributed by atoms with Crippen molar-refractivity contribution in [2.75, 3.05) is 12.4 Å². The summed E-state index contributed by atoms with van der Waals surface area (Å²) in [4.78, 5) is 0. The molecule has 0 aliphatic carbocycles. The number of hydrogen-bond acceptors (Lipinski definition) is 1. The monoisotopic (exact) mass is 483 g/mol. The van der Waals surface area contributed by atoms with Crippen LogP contribution in [-0.4, -0.2) is 16.9 Å². The maximum Gasteiger partial charge on any atom is 0.226 e. The lowest BCUT2D eigenvalue weighted by Crippen LogP contribution is -2.55. The van der Waals surface area contributed by atoms with Crippen molar-refractivity contribution in [3.63, 3.8) is 0 Å². The molecule has 1 aliphatic rings. The van der Waals surface area contributed by atoms with Crippen molar-refractivity contribution in [3.8, 4) is 0 Å². The van der Waals surface area contributed by atoms with Crippen molar-refractivity contribution in [3.05, 3.63) is 121 Å². The van der Waals surface area contributed by atoms with E-state index in [1.54, 1.807) is 0 Å². The largest absolute Gasteiger partial charge is 0.226 e. The summed E-state index contributed by atoms with van der Waals surface area (Å²) in [5.41, 5.74) is 0. The molecule has 3 heteroatoms. The molecule has 0 spiro atoms.